The molecule has 2 nitrogen and oxygen atoms in total. The number of hydrogen-bond donors (Lipinski definition) is 1. The van der Waals surface area contributed by atoms with Gasteiger partial charge in [-0.15, -0.1) is 0 Å². The Morgan fingerprint density at radius 1 is 1.16 bits per heavy atom. The molecule has 0 spiro atoms. The van der Waals surface area contributed by atoms with Crippen LogP contribution in [-0.4, -0.2) is 30.6 Å². The van der Waals surface area contributed by atoms with Crippen molar-refractivity contribution in [3.05, 3.63) is 34.9 Å². The standard InChI is InChI=1S/C16H27ClN2/c1-6-16(4,19(7-2)8-3)15(18-5)13-9-11-14(17)12-10-13/h9-12,15,18H,6-8H2,1-5H3. The third-order valence-corrected chi connectivity index (χ3v) is 4.57. The molecule has 0 radical (unpaired) electrons. The lowest BCUT2D eigenvalue weighted by Gasteiger charge is -2.46. The van der Waals surface area contributed by atoms with E-state index in [2.05, 4.69) is 50.0 Å². The molecule has 0 amide bonds. The fourth-order valence-corrected chi connectivity index (χ4v) is 3.17. The highest BCUT2D eigenvalue weighted by atomic mass is 35.5. The van der Waals surface area contributed by atoms with Gasteiger partial charge in [-0.05, 0) is 51.2 Å². The van der Waals surface area contributed by atoms with E-state index in [0.29, 0.717) is 6.04 Å². The van der Waals surface area contributed by atoms with E-state index in [9.17, 15) is 0 Å². The summed E-state index contributed by atoms with van der Waals surface area (Å²) in [5, 5.41) is 4.29. The van der Waals surface area contributed by atoms with Crippen molar-refractivity contribution in [2.24, 2.45) is 0 Å². The number of rotatable bonds is 7. The average molecular weight is 283 g/mol. The molecule has 1 rings (SSSR count). The Kier molecular flexibility index (Phi) is 6.31. The minimum atomic E-state index is 0.103. The van der Waals surface area contributed by atoms with Gasteiger partial charge in [0.05, 0.1) is 6.04 Å². The largest absolute Gasteiger partial charge is 0.311 e. The summed E-state index contributed by atoms with van der Waals surface area (Å²) in [6.45, 7) is 11.2. The maximum atomic E-state index is 5.99. The van der Waals surface area contributed by atoms with Gasteiger partial charge in [-0.25, -0.2) is 0 Å². The minimum absolute atomic E-state index is 0.103. The van der Waals surface area contributed by atoms with Crippen LogP contribution in [0.1, 0.15) is 45.7 Å². The highest BCUT2D eigenvalue weighted by Crippen LogP contribution is 2.34. The first-order chi connectivity index (χ1) is 9.03. The number of halogens is 1. The van der Waals surface area contributed by atoms with Crippen molar-refractivity contribution in [1.82, 2.24) is 10.2 Å². The Labute approximate surface area is 123 Å². The van der Waals surface area contributed by atoms with Gasteiger partial charge in [-0.2, -0.15) is 0 Å². The molecule has 0 aromatic heterocycles. The SMILES string of the molecule is CCN(CC)C(C)(CC)C(NC)c1ccc(Cl)cc1. The summed E-state index contributed by atoms with van der Waals surface area (Å²) in [6.07, 6.45) is 1.10. The van der Waals surface area contributed by atoms with Crippen LogP contribution >= 0.6 is 11.6 Å². The van der Waals surface area contributed by atoms with Gasteiger partial charge in [0.1, 0.15) is 0 Å². The predicted octanol–water partition coefficient (Wildman–Crippen LogP) is 4.11. The zero-order valence-electron chi connectivity index (χ0n) is 12.8. The number of benzene rings is 1. The monoisotopic (exact) mass is 282 g/mol. The lowest BCUT2D eigenvalue weighted by molar-refractivity contribution is 0.0728. The summed E-state index contributed by atoms with van der Waals surface area (Å²) in [5.41, 5.74) is 1.40. The number of likely N-dealkylation sites (N-methyl/N-ethyl adjacent to an activating group) is 2. The molecular formula is C16H27ClN2. The Hall–Kier alpha value is -0.570. The van der Waals surface area contributed by atoms with Crippen molar-refractivity contribution in [3.63, 3.8) is 0 Å². The van der Waals surface area contributed by atoms with Crippen molar-refractivity contribution in [1.29, 1.82) is 0 Å². The maximum Gasteiger partial charge on any atom is 0.0501 e. The third-order valence-electron chi connectivity index (χ3n) is 4.32. The Morgan fingerprint density at radius 2 is 1.68 bits per heavy atom. The van der Waals surface area contributed by atoms with Gasteiger partial charge in [0.25, 0.3) is 0 Å². The van der Waals surface area contributed by atoms with Crippen molar-refractivity contribution in [2.45, 2.75) is 45.7 Å². The maximum absolute atomic E-state index is 5.99. The zero-order chi connectivity index (χ0) is 14.5. The van der Waals surface area contributed by atoms with Gasteiger partial charge in [-0.1, -0.05) is 44.5 Å². The number of nitrogens with zero attached hydrogens (tertiary/aromatic N) is 1. The molecule has 2 unspecified atom stereocenters. The first-order valence-electron chi connectivity index (χ1n) is 7.21. The van der Waals surface area contributed by atoms with Crippen LogP contribution in [0.5, 0.6) is 0 Å². The molecule has 108 valence electrons. The molecule has 0 saturated carbocycles. The van der Waals surface area contributed by atoms with Crippen LogP contribution in [0.2, 0.25) is 5.02 Å². The molecule has 0 aliphatic carbocycles. The smallest absolute Gasteiger partial charge is 0.0501 e. The Bertz CT molecular complexity index is 373. The lowest BCUT2D eigenvalue weighted by Crippen LogP contribution is -2.53. The van der Waals surface area contributed by atoms with Crippen LogP contribution in [0.25, 0.3) is 0 Å². The normalized spacial score (nSPS) is 16.4. The van der Waals surface area contributed by atoms with E-state index in [0.717, 1.165) is 24.5 Å². The molecule has 1 N–H and O–H groups in total. The second-order valence-corrected chi connectivity index (χ2v) is 5.59. The van der Waals surface area contributed by atoms with Crippen LogP contribution in [0.3, 0.4) is 0 Å². The van der Waals surface area contributed by atoms with E-state index in [1.165, 1.54) is 5.56 Å². The van der Waals surface area contributed by atoms with Crippen LogP contribution in [0.4, 0.5) is 0 Å². The van der Waals surface area contributed by atoms with Crippen molar-refractivity contribution < 1.29 is 0 Å². The van der Waals surface area contributed by atoms with Crippen LogP contribution in [0.15, 0.2) is 24.3 Å². The van der Waals surface area contributed by atoms with E-state index >= 15 is 0 Å². The van der Waals surface area contributed by atoms with E-state index in [1.54, 1.807) is 0 Å². The van der Waals surface area contributed by atoms with Crippen molar-refractivity contribution in [2.75, 3.05) is 20.1 Å². The molecule has 1 aromatic rings. The van der Waals surface area contributed by atoms with Crippen molar-refractivity contribution >= 4 is 11.6 Å². The number of hydrogen-bond acceptors (Lipinski definition) is 2. The van der Waals surface area contributed by atoms with Gasteiger partial charge >= 0.3 is 0 Å². The molecule has 0 saturated heterocycles. The highest BCUT2D eigenvalue weighted by molar-refractivity contribution is 6.30. The summed E-state index contributed by atoms with van der Waals surface area (Å²) in [4.78, 5) is 2.53. The highest BCUT2D eigenvalue weighted by Gasteiger charge is 2.36. The Morgan fingerprint density at radius 3 is 2.05 bits per heavy atom. The predicted molar refractivity (Wildman–Crippen MR) is 84.9 cm³/mol. The summed E-state index contributed by atoms with van der Waals surface area (Å²) < 4.78 is 0. The quantitative estimate of drug-likeness (QED) is 0.810. The number of nitrogens with one attached hydrogen (secondary N) is 1. The first-order valence-corrected chi connectivity index (χ1v) is 7.59. The van der Waals surface area contributed by atoms with Gasteiger partial charge in [-0.3, -0.25) is 4.90 Å². The molecule has 0 aliphatic heterocycles. The molecule has 0 bridgehead atoms. The molecular weight excluding hydrogens is 256 g/mol. The van der Waals surface area contributed by atoms with Gasteiger partial charge in [0.2, 0.25) is 0 Å². The molecule has 3 heteroatoms. The summed E-state index contributed by atoms with van der Waals surface area (Å²) >= 11 is 5.99. The van der Waals surface area contributed by atoms with E-state index in [4.69, 9.17) is 11.6 Å². The fraction of sp³-hybridized carbons (Fsp3) is 0.625. The van der Waals surface area contributed by atoms with E-state index in [-0.39, 0.29) is 5.54 Å². The second-order valence-electron chi connectivity index (χ2n) is 5.16. The topological polar surface area (TPSA) is 15.3 Å². The molecule has 0 heterocycles. The lowest BCUT2D eigenvalue weighted by atomic mass is 9.83. The van der Waals surface area contributed by atoms with Crippen molar-refractivity contribution in [3.8, 4) is 0 Å². The van der Waals surface area contributed by atoms with Crippen LogP contribution < -0.4 is 5.32 Å². The second kappa shape index (κ2) is 7.28. The summed E-state index contributed by atoms with van der Waals surface area (Å²) in [6, 6.07) is 8.50. The Balaban J connectivity index is 3.14. The summed E-state index contributed by atoms with van der Waals surface area (Å²) in [5.74, 6) is 0. The summed E-state index contributed by atoms with van der Waals surface area (Å²) in [7, 11) is 2.04. The first kappa shape index (κ1) is 16.5. The molecule has 19 heavy (non-hydrogen) atoms. The van der Waals surface area contributed by atoms with Gasteiger partial charge in [0.15, 0.2) is 0 Å². The molecule has 0 aliphatic rings. The third kappa shape index (κ3) is 3.50. The van der Waals surface area contributed by atoms with Crippen LogP contribution in [0, 0.1) is 0 Å². The van der Waals surface area contributed by atoms with E-state index < -0.39 is 0 Å². The van der Waals surface area contributed by atoms with Gasteiger partial charge < -0.3 is 5.32 Å². The van der Waals surface area contributed by atoms with E-state index in [1.807, 2.05) is 19.2 Å². The van der Waals surface area contributed by atoms with Crippen LogP contribution in [-0.2, 0) is 0 Å². The average Bonchev–Trinajstić information content (AvgIpc) is 2.43. The zero-order valence-corrected chi connectivity index (χ0v) is 13.6. The molecule has 2 atom stereocenters. The molecule has 1 aromatic carbocycles. The fourth-order valence-electron chi connectivity index (χ4n) is 3.05. The van der Waals surface area contributed by atoms with Gasteiger partial charge in [0, 0.05) is 10.6 Å². The minimum Gasteiger partial charge on any atom is -0.311 e. The molecule has 0 fully saturated rings.